The van der Waals surface area contributed by atoms with E-state index in [4.69, 9.17) is 39.2 Å². The highest BCUT2D eigenvalue weighted by atomic mass is 16.5. The number of nitrogens with zero attached hydrogens (tertiary/aromatic N) is 6. The van der Waals surface area contributed by atoms with Crippen LogP contribution in [0.3, 0.4) is 0 Å². The van der Waals surface area contributed by atoms with Gasteiger partial charge < -0.3 is 19.5 Å². The Labute approximate surface area is 262 Å². The van der Waals surface area contributed by atoms with Gasteiger partial charge in [-0.15, -0.1) is 5.10 Å². The largest absolute Gasteiger partial charge is 0.497 e. The number of ether oxygens (including phenoxy) is 3. The number of rotatable bonds is 12. The van der Waals surface area contributed by atoms with Crippen molar-refractivity contribution < 1.29 is 14.2 Å². The van der Waals surface area contributed by atoms with E-state index in [0.29, 0.717) is 48.5 Å². The Hall–Kier alpha value is -5.51. The first kappa shape index (κ1) is 29.6. The number of pyridine rings is 1. The second kappa shape index (κ2) is 13.4. The van der Waals surface area contributed by atoms with Gasteiger partial charge in [-0.3, -0.25) is 4.98 Å². The number of anilines is 1. The minimum atomic E-state index is 0.497. The van der Waals surface area contributed by atoms with Crippen LogP contribution in [-0.4, -0.2) is 51.0 Å². The van der Waals surface area contributed by atoms with Gasteiger partial charge >= 0.3 is 0 Å². The van der Waals surface area contributed by atoms with Gasteiger partial charge in [0.25, 0.3) is 0 Å². The molecular weight excluding hydrogens is 566 g/mol. The van der Waals surface area contributed by atoms with E-state index >= 15 is 0 Å². The fourth-order valence-electron chi connectivity index (χ4n) is 5.17. The van der Waals surface area contributed by atoms with Crippen LogP contribution in [-0.2, 0) is 25.8 Å². The zero-order valence-corrected chi connectivity index (χ0v) is 25.8. The molecule has 0 spiro atoms. The number of para-hydroxylation sites is 1. The summed E-state index contributed by atoms with van der Waals surface area (Å²) in [7, 11) is 4.91. The van der Waals surface area contributed by atoms with E-state index in [-0.39, 0.29) is 0 Å². The molecule has 0 saturated heterocycles. The molecule has 0 bridgehead atoms. The Morgan fingerprint density at radius 2 is 1.47 bits per heavy atom. The van der Waals surface area contributed by atoms with Crippen LogP contribution < -0.4 is 19.5 Å². The second-order valence-electron chi connectivity index (χ2n) is 10.6. The standard InChI is InChI=1S/C35H35N7O3/c1-23-37-28(15-14-27-13-12-26-7-5-6-8-30(26)39-27)21-34(38-23)42-33(20-25-11-18-31(44-3)32(19-25)45-4)40-35(41-42)36-22-24-9-16-29(43-2)17-10-24/h5-13,16-19,21H,14-15,20,22H2,1-4H3,(H,36,41). The number of hydrogen-bond acceptors (Lipinski definition) is 9. The van der Waals surface area contributed by atoms with Gasteiger partial charge in [-0.05, 0) is 67.3 Å². The Morgan fingerprint density at radius 3 is 2.27 bits per heavy atom. The molecule has 0 atom stereocenters. The molecule has 6 rings (SSSR count). The molecule has 0 unspecified atom stereocenters. The van der Waals surface area contributed by atoms with Crippen molar-refractivity contribution in [2.24, 2.45) is 0 Å². The molecule has 10 nitrogen and oxygen atoms in total. The first-order valence-electron chi connectivity index (χ1n) is 14.7. The summed E-state index contributed by atoms with van der Waals surface area (Å²) in [4.78, 5) is 19.2. The van der Waals surface area contributed by atoms with Crippen molar-refractivity contribution in [3.8, 4) is 23.1 Å². The molecule has 0 amide bonds. The third-order valence-electron chi connectivity index (χ3n) is 7.48. The van der Waals surface area contributed by atoms with Gasteiger partial charge in [-0.2, -0.15) is 9.67 Å². The van der Waals surface area contributed by atoms with E-state index in [0.717, 1.165) is 51.4 Å². The molecule has 3 aromatic heterocycles. The van der Waals surface area contributed by atoms with Crippen molar-refractivity contribution >= 4 is 16.9 Å². The Morgan fingerprint density at radius 1 is 0.689 bits per heavy atom. The zero-order valence-electron chi connectivity index (χ0n) is 25.8. The number of benzene rings is 3. The van der Waals surface area contributed by atoms with E-state index in [1.54, 1.807) is 26.0 Å². The lowest BCUT2D eigenvalue weighted by Crippen LogP contribution is -2.10. The molecule has 0 aliphatic heterocycles. The lowest BCUT2D eigenvalue weighted by molar-refractivity contribution is 0.354. The quantitative estimate of drug-likeness (QED) is 0.183. The molecule has 0 radical (unpaired) electrons. The molecule has 1 N–H and O–H groups in total. The van der Waals surface area contributed by atoms with Crippen molar-refractivity contribution in [1.29, 1.82) is 0 Å². The Balaban J connectivity index is 1.28. The van der Waals surface area contributed by atoms with E-state index in [9.17, 15) is 0 Å². The van der Waals surface area contributed by atoms with Gasteiger partial charge in [0.1, 0.15) is 17.4 Å². The monoisotopic (exact) mass is 601 g/mol. The van der Waals surface area contributed by atoms with Crippen molar-refractivity contribution in [3.63, 3.8) is 0 Å². The normalized spacial score (nSPS) is 11.0. The molecule has 0 aliphatic carbocycles. The SMILES string of the molecule is COc1ccc(CNc2nc(Cc3ccc(OC)c(OC)c3)n(-c3cc(CCc4ccc5ccccc5n4)nc(C)n3)n2)cc1. The average molecular weight is 602 g/mol. The lowest BCUT2D eigenvalue weighted by atomic mass is 10.1. The van der Waals surface area contributed by atoms with Crippen LogP contribution in [0.15, 0.2) is 84.9 Å². The molecule has 3 aromatic carbocycles. The van der Waals surface area contributed by atoms with Crippen LogP contribution in [0.25, 0.3) is 16.7 Å². The van der Waals surface area contributed by atoms with E-state index in [1.807, 2.05) is 73.7 Å². The summed E-state index contributed by atoms with van der Waals surface area (Å²) < 4.78 is 18.1. The smallest absolute Gasteiger partial charge is 0.243 e. The summed E-state index contributed by atoms with van der Waals surface area (Å²) in [6.07, 6.45) is 1.96. The molecule has 0 saturated carbocycles. The summed E-state index contributed by atoms with van der Waals surface area (Å²) >= 11 is 0. The molecular formula is C35H35N7O3. The molecule has 0 fully saturated rings. The van der Waals surface area contributed by atoms with Gasteiger partial charge in [0.15, 0.2) is 17.3 Å². The van der Waals surface area contributed by atoms with Crippen LogP contribution in [0.1, 0.15) is 34.2 Å². The number of hydrogen-bond donors (Lipinski definition) is 1. The zero-order chi connectivity index (χ0) is 31.2. The Kier molecular flexibility index (Phi) is 8.81. The number of methoxy groups -OCH3 is 3. The fourth-order valence-corrected chi connectivity index (χ4v) is 5.17. The van der Waals surface area contributed by atoms with Gasteiger partial charge in [-0.25, -0.2) is 9.97 Å². The van der Waals surface area contributed by atoms with E-state index in [2.05, 4.69) is 23.5 Å². The maximum Gasteiger partial charge on any atom is 0.243 e. The highest BCUT2D eigenvalue weighted by molar-refractivity contribution is 5.78. The summed E-state index contributed by atoms with van der Waals surface area (Å²) in [5.41, 5.74) is 5.00. The van der Waals surface area contributed by atoms with Crippen LogP contribution >= 0.6 is 0 Å². The molecule has 228 valence electrons. The van der Waals surface area contributed by atoms with Gasteiger partial charge in [0, 0.05) is 35.8 Å². The second-order valence-corrected chi connectivity index (χ2v) is 10.6. The maximum atomic E-state index is 5.54. The number of aryl methyl sites for hydroxylation is 3. The molecule has 45 heavy (non-hydrogen) atoms. The van der Waals surface area contributed by atoms with Crippen LogP contribution in [0.5, 0.6) is 17.2 Å². The van der Waals surface area contributed by atoms with Crippen LogP contribution in [0.2, 0.25) is 0 Å². The minimum absolute atomic E-state index is 0.497. The predicted octanol–water partition coefficient (Wildman–Crippen LogP) is 5.93. The van der Waals surface area contributed by atoms with Crippen LogP contribution in [0.4, 0.5) is 5.95 Å². The fraction of sp³-hybridized carbons (Fsp3) is 0.229. The summed E-state index contributed by atoms with van der Waals surface area (Å²) in [5, 5.41) is 9.34. The predicted molar refractivity (Wildman–Crippen MR) is 174 cm³/mol. The van der Waals surface area contributed by atoms with Crippen molar-refractivity contribution in [1.82, 2.24) is 29.7 Å². The third-order valence-corrected chi connectivity index (χ3v) is 7.48. The maximum absolute atomic E-state index is 5.54. The third kappa shape index (κ3) is 7.01. The summed E-state index contributed by atoms with van der Waals surface area (Å²) in [5.74, 6) is 4.67. The van der Waals surface area contributed by atoms with Crippen LogP contribution in [0, 0.1) is 6.92 Å². The van der Waals surface area contributed by atoms with Crippen molar-refractivity contribution in [2.75, 3.05) is 26.6 Å². The van der Waals surface area contributed by atoms with Gasteiger partial charge in [-0.1, -0.05) is 42.5 Å². The molecule has 6 aromatic rings. The van der Waals surface area contributed by atoms with Gasteiger partial charge in [0.2, 0.25) is 5.95 Å². The highest BCUT2D eigenvalue weighted by Crippen LogP contribution is 2.29. The first-order valence-corrected chi connectivity index (χ1v) is 14.7. The molecule has 3 heterocycles. The minimum Gasteiger partial charge on any atom is -0.497 e. The Bertz CT molecular complexity index is 1920. The molecule has 0 aliphatic rings. The van der Waals surface area contributed by atoms with Gasteiger partial charge in [0.05, 0.1) is 26.8 Å². The van der Waals surface area contributed by atoms with E-state index < -0.39 is 0 Å². The highest BCUT2D eigenvalue weighted by Gasteiger charge is 2.17. The number of aromatic nitrogens is 6. The summed E-state index contributed by atoms with van der Waals surface area (Å²) in [6.45, 7) is 2.45. The van der Waals surface area contributed by atoms with Crippen molar-refractivity contribution in [2.45, 2.75) is 32.7 Å². The number of fused-ring (bicyclic) bond motifs is 1. The topological polar surface area (TPSA) is 109 Å². The molecule has 10 heteroatoms. The number of nitrogens with one attached hydrogen (secondary N) is 1. The van der Waals surface area contributed by atoms with Crippen molar-refractivity contribution in [3.05, 3.63) is 119 Å². The lowest BCUT2D eigenvalue weighted by Gasteiger charge is -2.11. The summed E-state index contributed by atoms with van der Waals surface area (Å²) in [6, 6.07) is 28.1. The van der Waals surface area contributed by atoms with E-state index in [1.165, 1.54) is 0 Å². The average Bonchev–Trinajstić information content (AvgIpc) is 3.48. The first-order chi connectivity index (χ1) is 22.0.